The molecule has 1 saturated carbocycles. The lowest BCUT2D eigenvalue weighted by atomic mass is 9.62. The van der Waals surface area contributed by atoms with Crippen LogP contribution in [-0.2, 0) is 0 Å². The third-order valence-corrected chi connectivity index (χ3v) is 7.18. The molecule has 1 fully saturated rings. The number of hydrogen-bond acceptors (Lipinski definition) is 2. The first-order chi connectivity index (χ1) is 15.8. The standard InChI is InChI=1S/C28H40N4S2/c1-18-8-10-23(20(3)12-18)31-25(33)29-17-28(7)15-22(14-27(5,6)16-28)30-26(34)32-24-11-9-19(2)13-21(24)4/h8-13,22H,14-17H2,1-7H3,(H2,29,31,33)(H2,30,32,34)/t22-,28+/m1/s1. The summed E-state index contributed by atoms with van der Waals surface area (Å²) in [6, 6.07) is 13.1. The Morgan fingerprint density at radius 2 is 1.35 bits per heavy atom. The molecule has 0 bridgehead atoms. The van der Waals surface area contributed by atoms with Crippen LogP contribution in [0.4, 0.5) is 11.4 Å². The van der Waals surface area contributed by atoms with Crippen molar-refractivity contribution in [2.45, 2.75) is 73.8 Å². The number of benzene rings is 2. The molecule has 184 valence electrons. The van der Waals surface area contributed by atoms with E-state index in [4.69, 9.17) is 24.4 Å². The Balaban J connectivity index is 1.59. The molecule has 0 heterocycles. The zero-order chi connectivity index (χ0) is 25.1. The SMILES string of the molecule is Cc1ccc(NC(=S)NC[C@@]2(C)C[C@H](NC(=S)Nc3ccc(C)cc3C)CC(C)(C)C2)c(C)c1. The van der Waals surface area contributed by atoms with E-state index in [1.54, 1.807) is 0 Å². The summed E-state index contributed by atoms with van der Waals surface area (Å²) in [6.07, 6.45) is 3.25. The second-order valence-electron chi connectivity index (χ2n) is 11.3. The largest absolute Gasteiger partial charge is 0.362 e. The first-order valence-corrected chi connectivity index (χ1v) is 12.9. The van der Waals surface area contributed by atoms with Crippen molar-refractivity contribution in [3.8, 4) is 0 Å². The predicted octanol–water partition coefficient (Wildman–Crippen LogP) is 6.78. The highest BCUT2D eigenvalue weighted by molar-refractivity contribution is 7.80. The molecule has 0 amide bonds. The molecule has 3 rings (SSSR count). The molecule has 6 heteroatoms. The smallest absolute Gasteiger partial charge is 0.171 e. The van der Waals surface area contributed by atoms with Gasteiger partial charge in [-0.05, 0) is 105 Å². The average Bonchev–Trinajstić information content (AvgIpc) is 2.69. The lowest BCUT2D eigenvalue weighted by molar-refractivity contribution is 0.0807. The second kappa shape index (κ2) is 10.6. The summed E-state index contributed by atoms with van der Waals surface area (Å²) in [5.41, 5.74) is 7.33. The molecule has 0 spiro atoms. The maximum Gasteiger partial charge on any atom is 0.171 e. The maximum absolute atomic E-state index is 5.69. The number of thiocarbonyl (C=S) groups is 2. The van der Waals surface area contributed by atoms with Crippen molar-refractivity contribution >= 4 is 46.0 Å². The van der Waals surface area contributed by atoms with Crippen molar-refractivity contribution in [1.82, 2.24) is 10.6 Å². The Bertz CT molecular complexity index is 1060. The van der Waals surface area contributed by atoms with Gasteiger partial charge in [-0.1, -0.05) is 56.2 Å². The first kappa shape index (κ1) is 26.4. The zero-order valence-electron chi connectivity index (χ0n) is 21.7. The van der Waals surface area contributed by atoms with Crippen LogP contribution < -0.4 is 21.3 Å². The van der Waals surface area contributed by atoms with Crippen LogP contribution in [0, 0.1) is 38.5 Å². The Kier molecular flexibility index (Phi) is 8.25. The van der Waals surface area contributed by atoms with Crippen molar-refractivity contribution < 1.29 is 0 Å². The Labute approximate surface area is 216 Å². The summed E-state index contributed by atoms with van der Waals surface area (Å²) in [5.74, 6) is 0. The Morgan fingerprint density at radius 3 is 1.88 bits per heavy atom. The molecular weight excluding hydrogens is 456 g/mol. The van der Waals surface area contributed by atoms with E-state index >= 15 is 0 Å². The van der Waals surface area contributed by atoms with Crippen molar-refractivity contribution in [1.29, 1.82) is 0 Å². The molecule has 0 aliphatic heterocycles. The molecule has 2 aromatic carbocycles. The molecule has 0 unspecified atom stereocenters. The van der Waals surface area contributed by atoms with Gasteiger partial charge in [0.25, 0.3) is 0 Å². The molecule has 34 heavy (non-hydrogen) atoms. The molecule has 4 N–H and O–H groups in total. The first-order valence-electron chi connectivity index (χ1n) is 12.1. The molecule has 2 atom stereocenters. The third kappa shape index (κ3) is 7.41. The molecular formula is C28H40N4S2. The summed E-state index contributed by atoms with van der Waals surface area (Å²) >= 11 is 11.3. The van der Waals surface area contributed by atoms with Gasteiger partial charge in [0, 0.05) is 24.0 Å². The normalized spacial score (nSPS) is 21.4. The van der Waals surface area contributed by atoms with E-state index in [1.807, 2.05) is 0 Å². The van der Waals surface area contributed by atoms with Gasteiger partial charge in [0.15, 0.2) is 10.2 Å². The third-order valence-electron chi connectivity index (χ3n) is 6.71. The average molecular weight is 497 g/mol. The van der Waals surface area contributed by atoms with Crippen molar-refractivity contribution in [2.24, 2.45) is 10.8 Å². The molecule has 1 aliphatic carbocycles. The van der Waals surface area contributed by atoms with Crippen LogP contribution in [-0.4, -0.2) is 22.8 Å². The van der Waals surface area contributed by atoms with Gasteiger partial charge in [0.05, 0.1) is 0 Å². The predicted molar refractivity (Wildman–Crippen MR) is 155 cm³/mol. The lowest BCUT2D eigenvalue weighted by Gasteiger charge is -2.47. The minimum Gasteiger partial charge on any atom is -0.362 e. The number of aryl methyl sites for hydroxylation is 4. The van der Waals surface area contributed by atoms with Crippen LogP contribution in [0.3, 0.4) is 0 Å². The van der Waals surface area contributed by atoms with E-state index in [0.717, 1.165) is 37.2 Å². The van der Waals surface area contributed by atoms with E-state index in [2.05, 4.69) is 106 Å². The van der Waals surface area contributed by atoms with Gasteiger partial charge in [-0.3, -0.25) is 0 Å². The number of anilines is 2. The van der Waals surface area contributed by atoms with Gasteiger partial charge >= 0.3 is 0 Å². The molecule has 0 aromatic heterocycles. The summed E-state index contributed by atoms with van der Waals surface area (Å²) in [6.45, 7) is 16.3. The summed E-state index contributed by atoms with van der Waals surface area (Å²) in [5, 5.41) is 15.2. The number of nitrogens with one attached hydrogen (secondary N) is 4. The van der Waals surface area contributed by atoms with E-state index in [-0.39, 0.29) is 10.8 Å². The van der Waals surface area contributed by atoms with Gasteiger partial charge in [0.2, 0.25) is 0 Å². The van der Waals surface area contributed by atoms with Crippen LogP contribution in [0.25, 0.3) is 0 Å². The van der Waals surface area contributed by atoms with E-state index in [1.165, 1.54) is 22.3 Å². The van der Waals surface area contributed by atoms with E-state index < -0.39 is 0 Å². The van der Waals surface area contributed by atoms with Gasteiger partial charge in [-0.2, -0.15) is 0 Å². The second-order valence-corrected chi connectivity index (χ2v) is 12.1. The van der Waals surface area contributed by atoms with Crippen LogP contribution in [0.5, 0.6) is 0 Å². The van der Waals surface area contributed by atoms with Crippen LogP contribution in [0.1, 0.15) is 62.3 Å². The fourth-order valence-corrected chi connectivity index (χ4v) is 6.04. The Morgan fingerprint density at radius 1 is 0.824 bits per heavy atom. The van der Waals surface area contributed by atoms with Gasteiger partial charge in [-0.25, -0.2) is 0 Å². The number of hydrogen-bond donors (Lipinski definition) is 4. The van der Waals surface area contributed by atoms with Crippen LogP contribution >= 0.6 is 24.4 Å². The highest BCUT2D eigenvalue weighted by Crippen LogP contribution is 2.45. The molecule has 0 radical (unpaired) electrons. The van der Waals surface area contributed by atoms with Crippen LogP contribution in [0.15, 0.2) is 36.4 Å². The maximum atomic E-state index is 5.69. The highest BCUT2D eigenvalue weighted by Gasteiger charge is 2.41. The van der Waals surface area contributed by atoms with E-state index in [9.17, 15) is 0 Å². The fourth-order valence-electron chi connectivity index (χ4n) is 5.58. The lowest BCUT2D eigenvalue weighted by Crippen LogP contribution is -2.51. The number of rotatable bonds is 5. The molecule has 2 aromatic rings. The topological polar surface area (TPSA) is 48.1 Å². The highest BCUT2D eigenvalue weighted by atomic mass is 32.1. The molecule has 0 saturated heterocycles. The minimum absolute atomic E-state index is 0.100. The molecule has 4 nitrogen and oxygen atoms in total. The summed E-state index contributed by atoms with van der Waals surface area (Å²) < 4.78 is 0. The van der Waals surface area contributed by atoms with Crippen LogP contribution in [0.2, 0.25) is 0 Å². The van der Waals surface area contributed by atoms with Crippen molar-refractivity contribution in [3.63, 3.8) is 0 Å². The summed E-state index contributed by atoms with van der Waals surface area (Å²) in [7, 11) is 0. The zero-order valence-corrected chi connectivity index (χ0v) is 23.3. The van der Waals surface area contributed by atoms with Gasteiger partial charge < -0.3 is 21.3 Å². The minimum atomic E-state index is 0.100. The Hall–Kier alpha value is -2.18. The fraction of sp³-hybridized carbons (Fsp3) is 0.500. The monoisotopic (exact) mass is 496 g/mol. The molecule has 1 aliphatic rings. The quantitative estimate of drug-likeness (QED) is 0.342. The van der Waals surface area contributed by atoms with E-state index in [0.29, 0.717) is 16.3 Å². The van der Waals surface area contributed by atoms with Crippen molar-refractivity contribution in [2.75, 3.05) is 17.2 Å². The van der Waals surface area contributed by atoms with Gasteiger partial charge in [-0.15, -0.1) is 0 Å². The van der Waals surface area contributed by atoms with Crippen molar-refractivity contribution in [3.05, 3.63) is 58.7 Å². The summed E-state index contributed by atoms with van der Waals surface area (Å²) in [4.78, 5) is 0. The van der Waals surface area contributed by atoms with Gasteiger partial charge in [0.1, 0.15) is 0 Å².